The molecule has 0 aliphatic carbocycles. The second kappa shape index (κ2) is 14.6. The quantitative estimate of drug-likeness (QED) is 0.0681. The van der Waals surface area contributed by atoms with Crippen molar-refractivity contribution in [1.82, 2.24) is 39.0 Å². The molecule has 292 valence electrons. The number of hydrogen-bond acceptors (Lipinski definition) is 24. The van der Waals surface area contributed by atoms with Crippen molar-refractivity contribution in [1.29, 1.82) is 0 Å². The van der Waals surface area contributed by atoms with Crippen LogP contribution in [0.5, 0.6) is 0 Å². The fourth-order valence-corrected chi connectivity index (χ4v) is 9.98. The van der Waals surface area contributed by atoms with E-state index in [2.05, 4.69) is 51.9 Å². The van der Waals surface area contributed by atoms with E-state index in [9.17, 15) is 43.2 Å². The van der Waals surface area contributed by atoms with Gasteiger partial charge in [-0.3, -0.25) is 22.8 Å². The Balaban J connectivity index is 1.01. The van der Waals surface area contributed by atoms with E-state index >= 15 is 0 Å². The van der Waals surface area contributed by atoms with Gasteiger partial charge < -0.3 is 65.5 Å². The number of aromatic nitrogens is 8. The maximum absolute atomic E-state index is 12.5. The van der Waals surface area contributed by atoms with Gasteiger partial charge >= 0.3 is 7.82 Å². The Hall–Kier alpha value is -2.98. The minimum Gasteiger partial charge on any atom is -0.756 e. The topological polar surface area (TPSA) is 450 Å². The lowest BCUT2D eigenvalue weighted by Crippen LogP contribution is -2.34. The molecule has 0 aromatic carbocycles. The number of anilines is 2. The second-order valence-corrected chi connectivity index (χ2v) is 17.2. The predicted octanol–water partition coefficient (Wildman–Crippen LogP) is -5.15. The fourth-order valence-electron chi connectivity index (χ4n) is 5.14. The number of nitrogens with two attached hydrogens (primary N) is 2. The number of hydrogen-bond donors (Lipinski definition) is 4. The molecule has 2 aliphatic rings. The van der Waals surface area contributed by atoms with E-state index < -0.39 is 93.6 Å². The molecular weight excluding hydrogens is 808 g/mol. The summed E-state index contributed by atoms with van der Waals surface area (Å²) in [5, 5.41) is 37.4. The van der Waals surface area contributed by atoms with Gasteiger partial charge in [-0.15, -0.1) is 0 Å². The Morgan fingerprint density at radius 1 is 0.698 bits per heavy atom. The number of aliphatic hydroxyl groups excluding tert-OH is 2. The van der Waals surface area contributed by atoms with E-state index in [1.54, 1.807) is 0 Å². The van der Waals surface area contributed by atoms with Crippen LogP contribution in [0.2, 0.25) is 0 Å². The van der Waals surface area contributed by atoms with Crippen LogP contribution in [0, 0.1) is 0 Å². The molecule has 33 heteroatoms. The molecule has 0 spiro atoms. The molecule has 2 aliphatic heterocycles. The van der Waals surface area contributed by atoms with Crippen LogP contribution in [-0.4, -0.2) is 114 Å². The van der Waals surface area contributed by atoms with E-state index in [4.69, 9.17) is 36.0 Å². The van der Waals surface area contributed by atoms with Crippen molar-refractivity contribution >= 4 is 65.3 Å². The summed E-state index contributed by atoms with van der Waals surface area (Å²) >= 11 is 0. The second-order valence-electron chi connectivity index (χ2n) is 11.0. The molecule has 53 heavy (non-hydrogen) atoms. The van der Waals surface area contributed by atoms with E-state index in [1.165, 1.54) is 10.9 Å². The van der Waals surface area contributed by atoms with Gasteiger partial charge in [0.2, 0.25) is 6.23 Å². The zero-order valence-electron chi connectivity index (χ0n) is 26.0. The number of phosphoric acid groups is 3. The summed E-state index contributed by atoms with van der Waals surface area (Å²) < 4.78 is 82.8. The molecule has 0 bridgehead atoms. The number of ether oxygens (including phenoxy) is 2. The maximum atomic E-state index is 12.5. The third-order valence-corrected chi connectivity index (χ3v) is 13.3. The normalized spacial score (nSPS) is 30.9. The van der Waals surface area contributed by atoms with E-state index in [-0.39, 0.29) is 34.0 Å². The summed E-state index contributed by atoms with van der Waals surface area (Å²) in [5.74, 6) is -0.00879. The van der Waals surface area contributed by atoms with Crippen molar-refractivity contribution in [3.8, 4) is 0 Å². The number of aliphatic hydroxyl groups is 2. The van der Waals surface area contributed by atoms with Crippen LogP contribution in [-0.2, 0) is 49.7 Å². The molecule has 2 saturated heterocycles. The van der Waals surface area contributed by atoms with E-state index in [0.717, 1.165) is 23.5 Å². The zero-order chi connectivity index (χ0) is 38.7. The molecule has 0 amide bonds. The largest absolute Gasteiger partial charge is 0.756 e. The van der Waals surface area contributed by atoms with Crippen molar-refractivity contribution < 1.29 is 89.7 Å². The standard InChI is InChI=1S/C20H28N10O19P4/c21-15-9-17(25-3-23-15)29(5-27-9)19-13(33)11(31)7(45-19)1-43-50(35,36)47-52(39,40)49-53(41,42)48-51(37,38)44-2-8-12(32)14(34)20(46-8)30-6-28-10-16(22)24-4-26-18(10)30/h3-8,11-14,19-20,31-34H,1-2H2,(H,35,36)(H,37,38)(H,39,40)(H,41,42)(H2,21,23,25)(H2,22,24,26)/t7-,8+,11+,12-,13?,14?,19-,20+. The third-order valence-electron chi connectivity index (χ3n) is 7.48. The first kappa shape index (κ1) is 39.7. The van der Waals surface area contributed by atoms with Crippen molar-refractivity contribution in [2.24, 2.45) is 0 Å². The molecule has 0 radical (unpaired) electrons. The third kappa shape index (κ3) is 8.48. The van der Waals surface area contributed by atoms with Gasteiger partial charge in [-0.2, -0.15) is 8.88 Å². The molecule has 29 nitrogen and oxygen atoms in total. The Morgan fingerprint density at radius 3 is 1.77 bits per heavy atom. The van der Waals surface area contributed by atoms with Gasteiger partial charge in [-0.1, -0.05) is 0 Å². The Bertz CT molecular complexity index is 2040. The van der Waals surface area contributed by atoms with E-state index in [0.29, 0.717) is 0 Å². The van der Waals surface area contributed by atoms with Gasteiger partial charge in [0.25, 0.3) is 35.7 Å². The van der Waals surface area contributed by atoms with Crippen LogP contribution in [0.15, 0.2) is 25.3 Å². The Kier molecular flexibility index (Phi) is 10.9. The molecule has 6 heterocycles. The van der Waals surface area contributed by atoms with Crippen LogP contribution in [0.25, 0.3) is 22.3 Å². The number of rotatable bonds is 14. The monoisotopic (exact) mass is 836 g/mol. The Labute approximate surface area is 293 Å². The lowest BCUT2D eigenvalue weighted by Gasteiger charge is -2.34. The summed E-state index contributed by atoms with van der Waals surface area (Å²) in [4.78, 5) is 67.7. The SMILES string of the molecule is Nc1ncnc2c1ncn2[C@@H]1O[C@H](COP(=O)([O-])OP(=O)([O-])OP(=O)([O-])OP(=O)([OH2+])OC[C@@H]2O[C@H](n3cnc4c(N)ncnc43)C([OH2+])[C@@H]2[OH2+])[C@H](O)C1O. The number of nitrogen functional groups attached to an aromatic ring is 2. The van der Waals surface area contributed by atoms with Gasteiger partial charge in [0.15, 0.2) is 35.3 Å². The first-order chi connectivity index (χ1) is 24.7. The average molecular weight is 836 g/mol. The number of phosphoric ester groups is 1. The molecule has 12 N–H and O–H groups in total. The van der Waals surface area contributed by atoms with Crippen LogP contribution >= 0.6 is 31.3 Å². The lowest BCUT2D eigenvalue weighted by molar-refractivity contribution is -0.249. The maximum Gasteiger partial charge on any atom is 0.640 e. The number of imidazole rings is 2. The molecule has 4 aromatic heterocycles. The molecule has 0 saturated carbocycles. The highest BCUT2D eigenvalue weighted by Gasteiger charge is 2.53. The first-order valence-electron chi connectivity index (χ1n) is 14.3. The Morgan fingerprint density at radius 2 is 1.19 bits per heavy atom. The summed E-state index contributed by atoms with van der Waals surface area (Å²) in [7, 11) is -24.6. The van der Waals surface area contributed by atoms with Crippen LogP contribution in [0.4, 0.5) is 11.6 Å². The molecule has 2 fully saturated rings. The average Bonchev–Trinajstić information content (AvgIpc) is 3.80. The smallest absolute Gasteiger partial charge is 0.640 e. The van der Waals surface area contributed by atoms with E-state index in [1.807, 2.05) is 0 Å². The fraction of sp³-hybridized carbons (Fsp3) is 0.500. The van der Waals surface area contributed by atoms with Gasteiger partial charge in [0.05, 0.1) is 25.9 Å². The van der Waals surface area contributed by atoms with Crippen LogP contribution < -0.4 is 26.1 Å². The molecule has 12 atom stereocenters. The minimum absolute atomic E-state index is 0.0163. The molecule has 6 rings (SSSR count). The van der Waals surface area contributed by atoms with Crippen LogP contribution in [0.1, 0.15) is 12.5 Å². The number of nitrogens with zero attached hydrogens (tertiary/aromatic N) is 8. The highest BCUT2D eigenvalue weighted by molar-refractivity contribution is 7.68. The van der Waals surface area contributed by atoms with Crippen molar-refractivity contribution in [3.05, 3.63) is 25.3 Å². The van der Waals surface area contributed by atoms with Gasteiger partial charge in [-0.25, -0.2) is 43.0 Å². The van der Waals surface area contributed by atoms with Crippen molar-refractivity contribution in [2.45, 2.75) is 49.1 Å². The molecular formula is C20H28N10O19P4. The van der Waals surface area contributed by atoms with Crippen LogP contribution in [0.3, 0.4) is 0 Å². The van der Waals surface area contributed by atoms with Crippen molar-refractivity contribution in [3.63, 3.8) is 0 Å². The minimum atomic E-state index is -6.52. The summed E-state index contributed by atoms with van der Waals surface area (Å²) in [6, 6.07) is 0. The van der Waals surface area contributed by atoms with Crippen molar-refractivity contribution in [2.75, 3.05) is 24.7 Å². The molecule has 6 unspecified atom stereocenters. The summed E-state index contributed by atoms with van der Waals surface area (Å²) in [6.45, 7) is -2.19. The molecule has 4 aromatic rings. The number of fused-ring (bicyclic) bond motifs is 2. The predicted molar refractivity (Wildman–Crippen MR) is 163 cm³/mol. The summed E-state index contributed by atoms with van der Waals surface area (Å²) in [6.07, 6.45) is -7.61. The van der Waals surface area contributed by atoms with Gasteiger partial charge in [-0.05, 0) is 0 Å². The first-order valence-corrected chi connectivity index (χ1v) is 20.3. The highest BCUT2D eigenvalue weighted by atomic mass is 31.3. The highest BCUT2D eigenvalue weighted by Crippen LogP contribution is 2.67. The summed E-state index contributed by atoms with van der Waals surface area (Å²) in [5.41, 5.74) is 11.9. The zero-order valence-corrected chi connectivity index (χ0v) is 29.6. The van der Waals surface area contributed by atoms with Gasteiger partial charge in [0.1, 0.15) is 42.0 Å². The lowest BCUT2D eigenvalue weighted by atomic mass is 10.1. The van der Waals surface area contributed by atoms with Gasteiger partial charge in [0, 0.05) is 0 Å².